The van der Waals surface area contributed by atoms with E-state index in [1.54, 1.807) is 0 Å². The van der Waals surface area contributed by atoms with Gasteiger partial charge in [-0.1, -0.05) is 42.0 Å². The first-order chi connectivity index (χ1) is 6.68. The monoisotopic (exact) mass is 189 g/mol. The van der Waals surface area contributed by atoms with Crippen molar-refractivity contribution < 1.29 is 4.79 Å². The number of amides is 1. The van der Waals surface area contributed by atoms with E-state index < -0.39 is 0 Å². The summed E-state index contributed by atoms with van der Waals surface area (Å²) >= 11 is 0. The van der Waals surface area contributed by atoms with Gasteiger partial charge in [-0.25, -0.2) is 0 Å². The van der Waals surface area contributed by atoms with Crippen LogP contribution in [0.15, 0.2) is 30.3 Å². The third kappa shape index (κ3) is 3.90. The lowest BCUT2D eigenvalue weighted by molar-refractivity contribution is -0.118. The molecule has 1 N–H and O–H groups in total. The van der Waals surface area contributed by atoms with Gasteiger partial charge >= 0.3 is 0 Å². The quantitative estimate of drug-likeness (QED) is 0.775. The van der Waals surface area contributed by atoms with Crippen molar-refractivity contribution in [1.82, 2.24) is 5.32 Å². The highest BCUT2D eigenvalue weighted by atomic mass is 16.1. The van der Waals surface area contributed by atoms with E-state index in [0.717, 1.165) is 5.56 Å². The molecule has 74 valence electrons. The summed E-state index contributed by atoms with van der Waals surface area (Å²) in [5.74, 6) is -0.00103. The minimum Gasteiger partial charge on any atom is -0.353 e. The van der Waals surface area contributed by atoms with Crippen LogP contribution in [0.3, 0.4) is 0 Å². The summed E-state index contributed by atoms with van der Waals surface area (Å²) in [4.78, 5) is 10.6. The summed E-state index contributed by atoms with van der Waals surface area (Å²) in [5.41, 5.74) is 2.40. The molecule has 0 fully saturated rings. The number of carbonyl (C=O) groups excluding carboxylic acids is 1. The normalized spacial score (nSPS) is 10.4. The summed E-state index contributed by atoms with van der Waals surface area (Å²) in [6.45, 7) is 4.16. The molecule has 0 aliphatic carbocycles. The molecule has 0 unspecified atom stereocenters. The van der Waals surface area contributed by atoms with Crippen LogP contribution in [0.25, 0.3) is 6.08 Å². The van der Waals surface area contributed by atoms with Gasteiger partial charge in [0.05, 0.1) is 0 Å². The molecule has 2 heteroatoms. The maximum absolute atomic E-state index is 10.6. The molecular weight excluding hydrogens is 174 g/mol. The zero-order valence-corrected chi connectivity index (χ0v) is 8.58. The molecule has 0 saturated heterocycles. The molecule has 1 aromatic carbocycles. The number of benzene rings is 1. The van der Waals surface area contributed by atoms with Crippen LogP contribution in [0.5, 0.6) is 0 Å². The highest BCUT2D eigenvalue weighted by molar-refractivity contribution is 5.73. The van der Waals surface area contributed by atoms with Crippen LogP contribution in [0.1, 0.15) is 18.1 Å². The van der Waals surface area contributed by atoms with Crippen LogP contribution < -0.4 is 5.32 Å². The zero-order chi connectivity index (χ0) is 10.4. The fraction of sp³-hybridized carbons (Fsp3) is 0.250. The van der Waals surface area contributed by atoms with Crippen LogP contribution in [-0.2, 0) is 4.79 Å². The van der Waals surface area contributed by atoms with E-state index in [0.29, 0.717) is 6.54 Å². The minimum absolute atomic E-state index is 0.00103. The Balaban J connectivity index is 2.47. The molecule has 0 spiro atoms. The molecule has 0 aliphatic heterocycles. The predicted molar refractivity (Wildman–Crippen MR) is 58.9 cm³/mol. The smallest absolute Gasteiger partial charge is 0.217 e. The number of rotatable bonds is 3. The van der Waals surface area contributed by atoms with Crippen LogP contribution in [0.4, 0.5) is 0 Å². The van der Waals surface area contributed by atoms with Crippen molar-refractivity contribution in [3.05, 3.63) is 41.5 Å². The minimum atomic E-state index is -0.00103. The van der Waals surface area contributed by atoms with E-state index in [4.69, 9.17) is 0 Å². The summed E-state index contributed by atoms with van der Waals surface area (Å²) < 4.78 is 0. The fourth-order valence-corrected chi connectivity index (χ4v) is 1.17. The van der Waals surface area contributed by atoms with E-state index in [9.17, 15) is 4.79 Å². The van der Waals surface area contributed by atoms with Crippen molar-refractivity contribution in [3.8, 4) is 0 Å². The van der Waals surface area contributed by atoms with E-state index in [2.05, 4.69) is 24.4 Å². The van der Waals surface area contributed by atoms with Gasteiger partial charge in [-0.15, -0.1) is 0 Å². The fourth-order valence-electron chi connectivity index (χ4n) is 1.17. The second-order valence-electron chi connectivity index (χ2n) is 3.25. The van der Waals surface area contributed by atoms with E-state index in [1.807, 2.05) is 24.3 Å². The topological polar surface area (TPSA) is 29.1 Å². The molecule has 1 aromatic rings. The molecule has 0 radical (unpaired) electrons. The number of aryl methyl sites for hydroxylation is 1. The maximum Gasteiger partial charge on any atom is 0.217 e. The first-order valence-corrected chi connectivity index (χ1v) is 4.66. The molecule has 1 rings (SSSR count). The van der Waals surface area contributed by atoms with Crippen molar-refractivity contribution in [3.63, 3.8) is 0 Å². The summed E-state index contributed by atoms with van der Waals surface area (Å²) in [7, 11) is 0. The lowest BCUT2D eigenvalue weighted by Crippen LogP contribution is -2.19. The highest BCUT2D eigenvalue weighted by Gasteiger charge is 1.87. The first kappa shape index (κ1) is 10.5. The van der Waals surface area contributed by atoms with Crippen LogP contribution >= 0.6 is 0 Å². The Bertz CT molecular complexity index is 342. The van der Waals surface area contributed by atoms with Gasteiger partial charge in [-0.3, -0.25) is 4.79 Å². The molecular formula is C12H15NO. The Morgan fingerprint density at radius 1 is 1.50 bits per heavy atom. The molecule has 0 aliphatic rings. The number of hydrogen-bond donors (Lipinski definition) is 1. The zero-order valence-electron chi connectivity index (χ0n) is 8.58. The number of hydrogen-bond acceptors (Lipinski definition) is 1. The average molecular weight is 189 g/mol. The molecule has 1 amide bonds. The van der Waals surface area contributed by atoms with Crippen LogP contribution in [0.2, 0.25) is 0 Å². The molecule has 0 saturated carbocycles. The summed E-state index contributed by atoms with van der Waals surface area (Å²) in [6, 6.07) is 8.22. The van der Waals surface area contributed by atoms with Gasteiger partial charge in [-0.2, -0.15) is 0 Å². The first-order valence-electron chi connectivity index (χ1n) is 4.66. The van der Waals surface area contributed by atoms with Gasteiger partial charge in [0.1, 0.15) is 0 Å². The molecule has 14 heavy (non-hydrogen) atoms. The molecule has 0 bridgehead atoms. The second kappa shape index (κ2) is 5.22. The Morgan fingerprint density at radius 3 is 2.93 bits per heavy atom. The van der Waals surface area contributed by atoms with Crippen molar-refractivity contribution in [2.24, 2.45) is 0 Å². The van der Waals surface area contributed by atoms with Crippen molar-refractivity contribution in [1.29, 1.82) is 0 Å². The Morgan fingerprint density at radius 2 is 2.29 bits per heavy atom. The maximum atomic E-state index is 10.6. The Hall–Kier alpha value is -1.57. The predicted octanol–water partition coefficient (Wildman–Crippen LogP) is 2.14. The molecule has 2 nitrogen and oxygen atoms in total. The molecule has 0 aromatic heterocycles. The average Bonchev–Trinajstić information content (AvgIpc) is 2.12. The van der Waals surface area contributed by atoms with Crippen LogP contribution in [0, 0.1) is 6.92 Å². The Kier molecular flexibility index (Phi) is 3.92. The summed E-state index contributed by atoms with van der Waals surface area (Å²) in [5, 5.41) is 2.70. The SMILES string of the molecule is CC(=O)NCC=Cc1cccc(C)c1. The molecule has 0 atom stereocenters. The lowest BCUT2D eigenvalue weighted by Gasteiger charge is -1.96. The van der Waals surface area contributed by atoms with Gasteiger partial charge in [0.25, 0.3) is 0 Å². The van der Waals surface area contributed by atoms with Gasteiger partial charge in [-0.05, 0) is 12.5 Å². The van der Waals surface area contributed by atoms with Crippen molar-refractivity contribution in [2.75, 3.05) is 6.54 Å². The van der Waals surface area contributed by atoms with Crippen molar-refractivity contribution >= 4 is 12.0 Å². The number of carbonyl (C=O) groups is 1. The van der Waals surface area contributed by atoms with Crippen LogP contribution in [-0.4, -0.2) is 12.5 Å². The van der Waals surface area contributed by atoms with E-state index in [1.165, 1.54) is 12.5 Å². The number of nitrogens with one attached hydrogen (secondary N) is 1. The Labute approximate surface area is 84.6 Å². The third-order valence-corrected chi connectivity index (χ3v) is 1.82. The molecule has 0 heterocycles. The second-order valence-corrected chi connectivity index (χ2v) is 3.25. The van der Waals surface area contributed by atoms with E-state index in [-0.39, 0.29) is 5.91 Å². The lowest BCUT2D eigenvalue weighted by atomic mass is 10.1. The standard InChI is InChI=1S/C12H15NO/c1-10-5-3-6-12(9-10)7-4-8-13-11(2)14/h3-7,9H,8H2,1-2H3,(H,13,14). The van der Waals surface area contributed by atoms with Gasteiger partial charge in [0.15, 0.2) is 0 Å². The third-order valence-electron chi connectivity index (χ3n) is 1.82. The summed E-state index contributed by atoms with van der Waals surface area (Å²) in [6.07, 6.45) is 3.94. The highest BCUT2D eigenvalue weighted by Crippen LogP contribution is 2.05. The van der Waals surface area contributed by atoms with Gasteiger partial charge < -0.3 is 5.32 Å². The van der Waals surface area contributed by atoms with Crippen molar-refractivity contribution in [2.45, 2.75) is 13.8 Å². The largest absolute Gasteiger partial charge is 0.353 e. The van der Waals surface area contributed by atoms with E-state index >= 15 is 0 Å². The van der Waals surface area contributed by atoms with Gasteiger partial charge in [0, 0.05) is 13.5 Å². The van der Waals surface area contributed by atoms with Gasteiger partial charge in [0.2, 0.25) is 5.91 Å².